The largest absolute Gasteiger partial charge is 0.435 e. The molecule has 0 unspecified atom stereocenters. The second kappa shape index (κ2) is 5.34. The highest BCUT2D eigenvalue weighted by molar-refractivity contribution is 6.00. The number of aliphatic imine (C=N–C) groups is 1. The summed E-state index contributed by atoms with van der Waals surface area (Å²) in [5.74, 6) is 6.45. The standard InChI is InChI=1S/C19H12N2O/c1-3-7-14(8-4-1)15-10-11-18-17(13-15)21-19(22-18)16-9-5-2-6-12-20-16/h1,3-4,6-8,10-13H,9H2. The van der Waals surface area contributed by atoms with Gasteiger partial charge in [-0.05, 0) is 23.3 Å². The van der Waals surface area contributed by atoms with Gasteiger partial charge in [0.1, 0.15) is 11.2 Å². The Bertz CT molecular complexity index is 953. The van der Waals surface area contributed by atoms with Gasteiger partial charge < -0.3 is 4.42 Å². The van der Waals surface area contributed by atoms with E-state index in [-0.39, 0.29) is 0 Å². The molecule has 4 rings (SSSR count). The van der Waals surface area contributed by atoms with E-state index in [1.807, 2.05) is 36.4 Å². The second-order valence-corrected chi connectivity index (χ2v) is 4.96. The minimum absolute atomic E-state index is 0.543. The fraction of sp³-hybridized carbons (Fsp3) is 0.0526. The van der Waals surface area contributed by atoms with Crippen molar-refractivity contribution >= 4 is 16.8 Å². The molecule has 0 aliphatic carbocycles. The molecule has 0 radical (unpaired) electrons. The maximum Gasteiger partial charge on any atom is 0.242 e. The summed E-state index contributed by atoms with van der Waals surface area (Å²) in [5, 5.41) is 0. The molecule has 3 nitrogen and oxygen atoms in total. The number of rotatable bonds is 2. The molecule has 0 saturated heterocycles. The minimum Gasteiger partial charge on any atom is -0.435 e. The van der Waals surface area contributed by atoms with Crippen molar-refractivity contribution in [1.82, 2.24) is 4.98 Å². The average Bonchev–Trinajstić information content (AvgIpc) is 2.80. The number of oxazole rings is 1. The van der Waals surface area contributed by atoms with Crippen LogP contribution in [-0.4, -0.2) is 10.7 Å². The molecular formula is C19H12N2O. The Morgan fingerprint density at radius 1 is 1.00 bits per heavy atom. The molecule has 0 fully saturated rings. The summed E-state index contributed by atoms with van der Waals surface area (Å²) in [5.41, 5.74) is 4.64. The van der Waals surface area contributed by atoms with E-state index in [1.165, 1.54) is 0 Å². The molecule has 0 atom stereocenters. The van der Waals surface area contributed by atoms with E-state index >= 15 is 0 Å². The first-order chi connectivity index (χ1) is 10.9. The predicted octanol–water partition coefficient (Wildman–Crippen LogP) is 4.20. The zero-order valence-corrected chi connectivity index (χ0v) is 11.8. The zero-order chi connectivity index (χ0) is 14.8. The first-order valence-corrected chi connectivity index (χ1v) is 7.07. The maximum absolute atomic E-state index is 5.81. The number of fused-ring (bicyclic) bond motifs is 1. The summed E-state index contributed by atoms with van der Waals surface area (Å²) in [4.78, 5) is 8.89. The summed E-state index contributed by atoms with van der Waals surface area (Å²) in [6, 6.07) is 16.3. The van der Waals surface area contributed by atoms with Crippen LogP contribution in [0.2, 0.25) is 0 Å². The topological polar surface area (TPSA) is 38.4 Å². The van der Waals surface area contributed by atoms with Crippen molar-refractivity contribution in [3.05, 3.63) is 66.7 Å². The van der Waals surface area contributed by atoms with Gasteiger partial charge in [0, 0.05) is 12.3 Å². The van der Waals surface area contributed by atoms with E-state index < -0.39 is 0 Å². The quantitative estimate of drug-likeness (QED) is 0.661. The lowest BCUT2D eigenvalue weighted by molar-refractivity contribution is 0.589. The number of nitrogens with zero attached hydrogens (tertiary/aromatic N) is 2. The van der Waals surface area contributed by atoms with Gasteiger partial charge in [-0.3, -0.25) is 4.99 Å². The summed E-state index contributed by atoms with van der Waals surface area (Å²) in [7, 11) is 0. The Labute approximate surface area is 128 Å². The molecule has 1 aromatic heterocycles. The lowest BCUT2D eigenvalue weighted by Gasteiger charge is -1.99. The van der Waals surface area contributed by atoms with E-state index in [0.29, 0.717) is 12.3 Å². The van der Waals surface area contributed by atoms with Gasteiger partial charge in [-0.25, -0.2) is 4.98 Å². The molecule has 1 aliphatic rings. The molecule has 0 saturated carbocycles. The van der Waals surface area contributed by atoms with Gasteiger partial charge in [-0.2, -0.15) is 0 Å². The van der Waals surface area contributed by atoms with Crippen molar-refractivity contribution in [3.8, 4) is 23.0 Å². The number of aromatic nitrogens is 1. The van der Waals surface area contributed by atoms with Crippen LogP contribution in [0.15, 0.2) is 70.2 Å². The maximum atomic E-state index is 5.81. The molecule has 0 spiro atoms. The van der Waals surface area contributed by atoms with Gasteiger partial charge in [0.15, 0.2) is 5.58 Å². The Hall–Kier alpha value is -3.12. The predicted molar refractivity (Wildman–Crippen MR) is 87.5 cm³/mol. The van der Waals surface area contributed by atoms with Crippen molar-refractivity contribution in [3.63, 3.8) is 0 Å². The number of allylic oxidation sites excluding steroid dienone is 1. The number of benzene rings is 2. The van der Waals surface area contributed by atoms with E-state index in [2.05, 4.69) is 33.9 Å². The molecule has 0 bridgehead atoms. The van der Waals surface area contributed by atoms with Crippen molar-refractivity contribution in [2.75, 3.05) is 0 Å². The van der Waals surface area contributed by atoms with Crippen LogP contribution in [0, 0.1) is 11.8 Å². The molecule has 2 aromatic carbocycles. The van der Waals surface area contributed by atoms with Gasteiger partial charge in [0.2, 0.25) is 5.89 Å². The van der Waals surface area contributed by atoms with Crippen LogP contribution in [0.25, 0.3) is 22.2 Å². The van der Waals surface area contributed by atoms with Crippen molar-refractivity contribution < 1.29 is 4.42 Å². The monoisotopic (exact) mass is 284 g/mol. The van der Waals surface area contributed by atoms with Gasteiger partial charge in [-0.15, -0.1) is 0 Å². The van der Waals surface area contributed by atoms with E-state index in [4.69, 9.17) is 4.42 Å². The van der Waals surface area contributed by atoms with Gasteiger partial charge in [0.25, 0.3) is 0 Å². The van der Waals surface area contributed by atoms with Gasteiger partial charge >= 0.3 is 0 Å². The molecule has 3 aromatic rings. The van der Waals surface area contributed by atoms with E-state index in [9.17, 15) is 0 Å². The molecule has 0 amide bonds. The van der Waals surface area contributed by atoms with Crippen LogP contribution in [0.5, 0.6) is 0 Å². The van der Waals surface area contributed by atoms with E-state index in [0.717, 1.165) is 27.9 Å². The van der Waals surface area contributed by atoms with Gasteiger partial charge in [0.05, 0.1) is 6.42 Å². The SMILES string of the molecule is C1#CCC(c2nc3cc(-c4ccccc4)ccc3o2)=NC=C1. The highest BCUT2D eigenvalue weighted by Gasteiger charge is 2.12. The van der Waals surface area contributed by atoms with Crippen LogP contribution in [-0.2, 0) is 0 Å². The molecule has 3 heteroatoms. The van der Waals surface area contributed by atoms with Crippen LogP contribution in [0.1, 0.15) is 12.3 Å². The zero-order valence-electron chi connectivity index (χ0n) is 11.8. The fourth-order valence-corrected chi connectivity index (χ4v) is 2.40. The Morgan fingerprint density at radius 3 is 2.82 bits per heavy atom. The lowest BCUT2D eigenvalue weighted by Crippen LogP contribution is -1.98. The molecule has 0 N–H and O–H groups in total. The fourth-order valence-electron chi connectivity index (χ4n) is 2.40. The summed E-state index contributed by atoms with van der Waals surface area (Å²) >= 11 is 0. The summed E-state index contributed by atoms with van der Waals surface area (Å²) < 4.78 is 5.81. The third-order valence-corrected chi connectivity index (χ3v) is 3.49. The normalized spacial score (nSPS) is 13.4. The molecule has 22 heavy (non-hydrogen) atoms. The highest BCUT2D eigenvalue weighted by atomic mass is 16.3. The number of hydrogen-bond donors (Lipinski definition) is 0. The van der Waals surface area contributed by atoms with Gasteiger partial charge in [-0.1, -0.05) is 48.2 Å². The second-order valence-electron chi connectivity index (χ2n) is 4.96. The van der Waals surface area contributed by atoms with Crippen molar-refractivity contribution in [1.29, 1.82) is 0 Å². The van der Waals surface area contributed by atoms with Crippen molar-refractivity contribution in [2.45, 2.75) is 6.42 Å². The Kier molecular flexibility index (Phi) is 3.06. The highest BCUT2D eigenvalue weighted by Crippen LogP contribution is 2.25. The van der Waals surface area contributed by atoms with Crippen LogP contribution in [0.3, 0.4) is 0 Å². The summed E-state index contributed by atoms with van der Waals surface area (Å²) in [6.45, 7) is 0. The van der Waals surface area contributed by atoms with Crippen LogP contribution < -0.4 is 0 Å². The minimum atomic E-state index is 0.543. The number of hydrogen-bond acceptors (Lipinski definition) is 3. The first kappa shape index (κ1) is 12.6. The van der Waals surface area contributed by atoms with E-state index in [1.54, 1.807) is 12.3 Å². The van der Waals surface area contributed by atoms with Crippen molar-refractivity contribution in [2.24, 2.45) is 4.99 Å². The molecular weight excluding hydrogens is 272 g/mol. The Morgan fingerprint density at radius 2 is 1.91 bits per heavy atom. The van der Waals surface area contributed by atoms with Crippen LogP contribution in [0.4, 0.5) is 0 Å². The molecule has 104 valence electrons. The smallest absolute Gasteiger partial charge is 0.242 e. The summed E-state index contributed by atoms with van der Waals surface area (Å²) in [6.07, 6.45) is 3.95. The van der Waals surface area contributed by atoms with Crippen LogP contribution >= 0.6 is 0 Å². The molecule has 2 heterocycles. The third-order valence-electron chi connectivity index (χ3n) is 3.49. The molecule has 1 aliphatic heterocycles. The lowest BCUT2D eigenvalue weighted by atomic mass is 10.1. The average molecular weight is 284 g/mol. The third kappa shape index (κ3) is 2.32. The first-order valence-electron chi connectivity index (χ1n) is 7.07. The Balaban J connectivity index is 1.77.